The Kier molecular flexibility index (Phi) is 3.20. The largest absolute Gasteiger partial charge is 0.243 e. The molecule has 0 aliphatic carbocycles. The molecule has 2 nitrogen and oxygen atoms in total. The van der Waals surface area contributed by atoms with Crippen LogP contribution < -0.4 is 10.6 Å². The topological polar surface area (TPSA) is 17.8 Å². The first kappa shape index (κ1) is 11.2. The molecular formula is C15H13N2P. The maximum Gasteiger partial charge on any atom is 0.0798 e. The van der Waals surface area contributed by atoms with Gasteiger partial charge in [-0.3, -0.25) is 0 Å². The van der Waals surface area contributed by atoms with Crippen molar-refractivity contribution in [2.24, 2.45) is 0 Å². The highest BCUT2D eigenvalue weighted by Crippen LogP contribution is 2.33. The summed E-state index contributed by atoms with van der Waals surface area (Å²) in [5.41, 5.74) is 0. The highest BCUT2D eigenvalue weighted by atomic mass is 31.1. The van der Waals surface area contributed by atoms with E-state index in [1.807, 2.05) is 30.6 Å². The van der Waals surface area contributed by atoms with Crippen molar-refractivity contribution in [1.82, 2.24) is 9.55 Å². The van der Waals surface area contributed by atoms with Crippen molar-refractivity contribution < 1.29 is 0 Å². The van der Waals surface area contributed by atoms with Gasteiger partial charge in [-0.25, -0.2) is 4.45 Å². The summed E-state index contributed by atoms with van der Waals surface area (Å²) in [5.74, 6) is 0. The Labute approximate surface area is 108 Å². The van der Waals surface area contributed by atoms with Gasteiger partial charge in [0.25, 0.3) is 0 Å². The Morgan fingerprint density at radius 1 is 0.722 bits per heavy atom. The van der Waals surface area contributed by atoms with Crippen LogP contribution in [0.1, 0.15) is 0 Å². The molecule has 1 heterocycles. The summed E-state index contributed by atoms with van der Waals surface area (Å²) in [6.07, 6.45) is 3.87. The van der Waals surface area contributed by atoms with E-state index in [0.717, 1.165) is 0 Å². The first-order valence-corrected chi connectivity index (χ1v) is 7.15. The molecule has 18 heavy (non-hydrogen) atoms. The van der Waals surface area contributed by atoms with Crippen LogP contribution >= 0.6 is 8.07 Å². The maximum atomic E-state index is 4.41. The van der Waals surface area contributed by atoms with E-state index in [-0.39, 0.29) is 0 Å². The summed E-state index contributed by atoms with van der Waals surface area (Å²) >= 11 is 0. The lowest BCUT2D eigenvalue weighted by Crippen LogP contribution is -2.17. The molecule has 2 aromatic carbocycles. The molecule has 0 aliphatic heterocycles. The van der Waals surface area contributed by atoms with Crippen LogP contribution in [0.25, 0.3) is 0 Å². The van der Waals surface area contributed by atoms with Gasteiger partial charge in [0.05, 0.1) is 8.07 Å². The van der Waals surface area contributed by atoms with Crippen molar-refractivity contribution in [2.75, 3.05) is 0 Å². The van der Waals surface area contributed by atoms with Crippen LogP contribution in [0.3, 0.4) is 0 Å². The SMILES string of the molecule is c1ccc(P(c2ccccc2)n2cccn2)cc1. The molecule has 0 bridgehead atoms. The van der Waals surface area contributed by atoms with Crippen molar-refractivity contribution in [2.45, 2.75) is 0 Å². The minimum Gasteiger partial charge on any atom is -0.243 e. The third-order valence-electron chi connectivity index (χ3n) is 2.70. The Balaban J connectivity index is 2.11. The molecule has 3 aromatic rings. The monoisotopic (exact) mass is 252 g/mol. The number of hydrogen-bond donors (Lipinski definition) is 0. The minimum absolute atomic E-state index is 0.603. The van der Waals surface area contributed by atoms with Crippen LogP contribution in [0.5, 0.6) is 0 Å². The standard InChI is InChI=1S/C15H13N2P/c1-3-8-14(9-4-1)18(17-13-7-12-16-17)15-10-5-2-6-11-15/h1-13H. The lowest BCUT2D eigenvalue weighted by Gasteiger charge is -2.18. The maximum absolute atomic E-state index is 4.41. The van der Waals surface area contributed by atoms with Gasteiger partial charge in [0.1, 0.15) is 0 Å². The average Bonchev–Trinajstić information content (AvgIpc) is 2.95. The normalized spacial score (nSPS) is 10.7. The minimum atomic E-state index is -0.603. The molecule has 0 N–H and O–H groups in total. The van der Waals surface area contributed by atoms with Crippen molar-refractivity contribution >= 4 is 18.7 Å². The fourth-order valence-corrected chi connectivity index (χ4v) is 3.96. The van der Waals surface area contributed by atoms with Crippen molar-refractivity contribution in [1.29, 1.82) is 0 Å². The molecule has 0 fully saturated rings. The van der Waals surface area contributed by atoms with E-state index in [1.54, 1.807) is 0 Å². The van der Waals surface area contributed by atoms with Crippen molar-refractivity contribution in [3.05, 3.63) is 79.1 Å². The molecule has 0 radical (unpaired) electrons. The van der Waals surface area contributed by atoms with Gasteiger partial charge in [0, 0.05) is 23.0 Å². The van der Waals surface area contributed by atoms with Gasteiger partial charge < -0.3 is 0 Å². The van der Waals surface area contributed by atoms with E-state index in [2.05, 4.69) is 58.1 Å². The molecule has 0 spiro atoms. The predicted molar refractivity (Wildman–Crippen MR) is 76.7 cm³/mol. The fraction of sp³-hybridized carbons (Fsp3) is 0. The lowest BCUT2D eigenvalue weighted by atomic mass is 10.4. The van der Waals surface area contributed by atoms with Gasteiger partial charge in [-0.05, 0) is 6.07 Å². The summed E-state index contributed by atoms with van der Waals surface area (Å²) in [7, 11) is -0.603. The molecule has 0 atom stereocenters. The van der Waals surface area contributed by atoms with E-state index in [0.29, 0.717) is 0 Å². The van der Waals surface area contributed by atoms with Crippen LogP contribution in [0.4, 0.5) is 0 Å². The average molecular weight is 252 g/mol. The first-order chi connectivity index (χ1) is 8.95. The van der Waals surface area contributed by atoms with E-state index in [1.165, 1.54) is 10.6 Å². The Morgan fingerprint density at radius 3 is 1.72 bits per heavy atom. The van der Waals surface area contributed by atoms with Crippen LogP contribution in [0.2, 0.25) is 0 Å². The van der Waals surface area contributed by atoms with Crippen LogP contribution in [-0.2, 0) is 0 Å². The van der Waals surface area contributed by atoms with Crippen molar-refractivity contribution in [3.63, 3.8) is 0 Å². The number of rotatable bonds is 3. The van der Waals surface area contributed by atoms with E-state index < -0.39 is 8.07 Å². The number of hydrogen-bond acceptors (Lipinski definition) is 1. The Bertz CT molecular complexity index is 551. The van der Waals surface area contributed by atoms with Gasteiger partial charge in [-0.15, -0.1) is 0 Å². The quantitative estimate of drug-likeness (QED) is 0.655. The zero-order chi connectivity index (χ0) is 12.2. The number of benzene rings is 2. The zero-order valence-electron chi connectivity index (χ0n) is 9.85. The van der Waals surface area contributed by atoms with Crippen molar-refractivity contribution in [3.8, 4) is 0 Å². The van der Waals surface area contributed by atoms with E-state index in [4.69, 9.17) is 0 Å². The molecule has 0 amide bonds. The highest BCUT2D eigenvalue weighted by molar-refractivity contribution is 7.71. The van der Waals surface area contributed by atoms with Gasteiger partial charge in [-0.1, -0.05) is 60.7 Å². The third-order valence-corrected chi connectivity index (χ3v) is 4.92. The van der Waals surface area contributed by atoms with E-state index in [9.17, 15) is 0 Å². The smallest absolute Gasteiger partial charge is 0.0798 e. The molecule has 0 aliphatic rings. The van der Waals surface area contributed by atoms with Gasteiger partial charge in [0.15, 0.2) is 0 Å². The molecule has 0 unspecified atom stereocenters. The van der Waals surface area contributed by atoms with E-state index >= 15 is 0 Å². The molecule has 0 saturated carbocycles. The third kappa shape index (κ3) is 2.20. The summed E-state index contributed by atoms with van der Waals surface area (Å²) in [5, 5.41) is 7.03. The second-order valence-electron chi connectivity index (χ2n) is 3.91. The molecule has 1 aromatic heterocycles. The van der Waals surface area contributed by atoms with Crippen LogP contribution in [0, 0.1) is 0 Å². The molecule has 0 saturated heterocycles. The summed E-state index contributed by atoms with van der Waals surface area (Å²) in [6.45, 7) is 0. The summed E-state index contributed by atoms with van der Waals surface area (Å²) in [4.78, 5) is 0. The van der Waals surface area contributed by atoms with Crippen LogP contribution in [0.15, 0.2) is 79.1 Å². The number of nitrogens with zero attached hydrogens (tertiary/aromatic N) is 2. The molecule has 88 valence electrons. The second-order valence-corrected chi connectivity index (χ2v) is 5.98. The first-order valence-electron chi connectivity index (χ1n) is 5.85. The van der Waals surface area contributed by atoms with Gasteiger partial charge >= 0.3 is 0 Å². The predicted octanol–water partition coefficient (Wildman–Crippen LogP) is 2.78. The molecular weight excluding hydrogens is 239 g/mol. The molecule has 3 heteroatoms. The van der Waals surface area contributed by atoms with Gasteiger partial charge in [0.2, 0.25) is 0 Å². The Morgan fingerprint density at radius 2 is 1.28 bits per heavy atom. The zero-order valence-corrected chi connectivity index (χ0v) is 10.7. The fourth-order valence-electron chi connectivity index (χ4n) is 1.90. The lowest BCUT2D eigenvalue weighted by molar-refractivity contribution is 0.998. The second kappa shape index (κ2) is 5.16. The Hall–Kier alpha value is -1.92. The summed E-state index contributed by atoms with van der Waals surface area (Å²) in [6, 6.07) is 23.1. The van der Waals surface area contributed by atoms with Gasteiger partial charge in [-0.2, -0.15) is 5.10 Å². The highest BCUT2D eigenvalue weighted by Gasteiger charge is 2.15. The number of aromatic nitrogens is 2. The summed E-state index contributed by atoms with van der Waals surface area (Å²) < 4.78 is 2.06. The van der Waals surface area contributed by atoms with Crippen LogP contribution in [-0.4, -0.2) is 9.55 Å². The molecule has 3 rings (SSSR count).